The lowest BCUT2D eigenvalue weighted by atomic mass is 9.97. The lowest BCUT2D eigenvalue weighted by Gasteiger charge is -2.23. The van der Waals surface area contributed by atoms with Crippen LogP contribution in [-0.2, 0) is 4.79 Å². The average molecular weight is 335 g/mol. The number of hydrogen-bond acceptors (Lipinski definition) is 2. The van der Waals surface area contributed by atoms with Gasteiger partial charge in [0.2, 0.25) is 5.91 Å². The molecule has 1 atom stereocenters. The first-order valence-corrected chi connectivity index (χ1v) is 9.79. The molecule has 24 heavy (non-hydrogen) atoms. The molecular formula is C21H38N2O. The number of carbonyl (C=O) groups is 1. The van der Waals surface area contributed by atoms with Crippen LogP contribution in [-0.4, -0.2) is 37.5 Å². The smallest absolute Gasteiger partial charge is 0.226 e. The van der Waals surface area contributed by atoms with Gasteiger partial charge in [0.05, 0.1) is 5.92 Å². The van der Waals surface area contributed by atoms with Crippen LogP contribution in [0.2, 0.25) is 0 Å². The Hall–Kier alpha value is -1.09. The Labute approximate surface area is 149 Å². The number of hydrogen-bond donors (Lipinski definition) is 1. The maximum atomic E-state index is 11.9. The summed E-state index contributed by atoms with van der Waals surface area (Å²) in [6.45, 7) is 14.3. The van der Waals surface area contributed by atoms with E-state index in [0.29, 0.717) is 0 Å². The van der Waals surface area contributed by atoms with Crippen molar-refractivity contribution >= 4 is 5.91 Å². The van der Waals surface area contributed by atoms with E-state index in [9.17, 15) is 4.79 Å². The van der Waals surface area contributed by atoms with Gasteiger partial charge in [0.25, 0.3) is 0 Å². The van der Waals surface area contributed by atoms with Gasteiger partial charge in [-0.3, -0.25) is 9.69 Å². The Morgan fingerprint density at radius 3 is 2.33 bits per heavy atom. The summed E-state index contributed by atoms with van der Waals surface area (Å²) in [4.78, 5) is 14.5. The first kappa shape index (κ1) is 21.0. The molecular weight excluding hydrogens is 296 g/mol. The van der Waals surface area contributed by atoms with Crippen molar-refractivity contribution in [2.45, 2.75) is 66.7 Å². The standard InChI is InChI=1S/C21H38N2O/c1-7-10-18(11-8-2)13-23-14-19(9-3)20(15-23)12-16(4)17(5)21(24)22-6/h12,17-18H,7-11,13-15H2,1-6H3,(H,22,24)/b16-12+. The molecule has 0 aromatic rings. The minimum atomic E-state index is -0.0532. The second kappa shape index (κ2) is 10.7. The predicted molar refractivity (Wildman–Crippen MR) is 104 cm³/mol. The van der Waals surface area contributed by atoms with Crippen LogP contribution in [0.4, 0.5) is 0 Å². The molecule has 0 aliphatic carbocycles. The predicted octanol–water partition coefficient (Wildman–Crippen LogP) is 4.55. The highest BCUT2D eigenvalue weighted by Gasteiger charge is 2.23. The number of amides is 1. The Morgan fingerprint density at radius 2 is 1.83 bits per heavy atom. The molecule has 0 radical (unpaired) electrons. The third-order valence-electron chi connectivity index (χ3n) is 5.32. The van der Waals surface area contributed by atoms with Crippen LogP contribution in [0, 0.1) is 11.8 Å². The average Bonchev–Trinajstić information content (AvgIpc) is 2.95. The summed E-state index contributed by atoms with van der Waals surface area (Å²) in [6, 6.07) is 0. The fourth-order valence-electron chi connectivity index (χ4n) is 3.73. The summed E-state index contributed by atoms with van der Waals surface area (Å²) >= 11 is 0. The van der Waals surface area contributed by atoms with Gasteiger partial charge in [-0.2, -0.15) is 0 Å². The van der Waals surface area contributed by atoms with Gasteiger partial charge in [-0.05, 0) is 44.6 Å². The normalized spacial score (nSPS) is 17.7. The Balaban J connectivity index is 2.76. The van der Waals surface area contributed by atoms with E-state index in [2.05, 4.69) is 44.0 Å². The van der Waals surface area contributed by atoms with Crippen molar-refractivity contribution in [3.8, 4) is 0 Å². The summed E-state index contributed by atoms with van der Waals surface area (Å²) in [5, 5.41) is 2.75. The summed E-state index contributed by atoms with van der Waals surface area (Å²) in [7, 11) is 1.71. The van der Waals surface area contributed by atoms with E-state index < -0.39 is 0 Å². The van der Waals surface area contributed by atoms with Crippen LogP contribution in [0.3, 0.4) is 0 Å². The Morgan fingerprint density at radius 1 is 1.21 bits per heavy atom. The van der Waals surface area contributed by atoms with E-state index in [-0.39, 0.29) is 11.8 Å². The molecule has 1 aliphatic rings. The van der Waals surface area contributed by atoms with E-state index in [1.165, 1.54) is 37.8 Å². The van der Waals surface area contributed by atoms with Crippen molar-refractivity contribution in [2.24, 2.45) is 11.8 Å². The molecule has 1 rings (SSSR count). The van der Waals surface area contributed by atoms with Gasteiger partial charge in [0.1, 0.15) is 0 Å². The zero-order valence-corrected chi connectivity index (χ0v) is 16.7. The number of nitrogens with one attached hydrogen (secondary N) is 1. The topological polar surface area (TPSA) is 32.3 Å². The SMILES string of the molecule is CCCC(CCC)CN1CC(/C=C(\C)C(C)C(=O)NC)=C(CC)C1. The summed E-state index contributed by atoms with van der Waals surface area (Å²) < 4.78 is 0. The molecule has 0 saturated carbocycles. The lowest BCUT2D eigenvalue weighted by Crippen LogP contribution is -2.28. The monoisotopic (exact) mass is 334 g/mol. The molecule has 0 aromatic carbocycles. The van der Waals surface area contributed by atoms with Crippen LogP contribution < -0.4 is 5.32 Å². The summed E-state index contributed by atoms with van der Waals surface area (Å²) in [5.41, 5.74) is 4.15. The van der Waals surface area contributed by atoms with Crippen molar-refractivity contribution in [1.29, 1.82) is 0 Å². The first-order valence-electron chi connectivity index (χ1n) is 9.79. The van der Waals surface area contributed by atoms with Gasteiger partial charge < -0.3 is 5.32 Å². The Bertz CT molecular complexity index is 458. The molecule has 1 unspecified atom stereocenters. The van der Waals surface area contributed by atoms with Crippen molar-refractivity contribution in [1.82, 2.24) is 10.2 Å². The van der Waals surface area contributed by atoms with E-state index >= 15 is 0 Å². The Kier molecular flexibility index (Phi) is 9.35. The molecule has 138 valence electrons. The van der Waals surface area contributed by atoms with Crippen molar-refractivity contribution < 1.29 is 4.79 Å². The molecule has 0 fully saturated rings. The van der Waals surface area contributed by atoms with Crippen LogP contribution >= 0.6 is 0 Å². The summed E-state index contributed by atoms with van der Waals surface area (Å²) in [5.74, 6) is 0.873. The van der Waals surface area contributed by atoms with Gasteiger partial charge in [-0.25, -0.2) is 0 Å². The second-order valence-corrected chi connectivity index (χ2v) is 7.32. The zero-order chi connectivity index (χ0) is 18.1. The fraction of sp³-hybridized carbons (Fsp3) is 0.762. The van der Waals surface area contributed by atoms with Gasteiger partial charge >= 0.3 is 0 Å². The third kappa shape index (κ3) is 6.08. The van der Waals surface area contributed by atoms with E-state index in [1.807, 2.05) is 6.92 Å². The molecule has 0 saturated heterocycles. The molecule has 3 nitrogen and oxygen atoms in total. The van der Waals surface area contributed by atoms with Crippen molar-refractivity contribution in [2.75, 3.05) is 26.7 Å². The molecule has 1 N–H and O–H groups in total. The van der Waals surface area contributed by atoms with E-state index in [0.717, 1.165) is 31.0 Å². The maximum Gasteiger partial charge on any atom is 0.226 e. The van der Waals surface area contributed by atoms with Crippen LogP contribution in [0.15, 0.2) is 22.8 Å². The number of nitrogens with zero attached hydrogens (tertiary/aromatic N) is 1. The molecule has 3 heteroatoms. The molecule has 0 aromatic heterocycles. The van der Waals surface area contributed by atoms with E-state index in [1.54, 1.807) is 12.6 Å². The molecule has 0 bridgehead atoms. The number of rotatable bonds is 10. The largest absolute Gasteiger partial charge is 0.359 e. The minimum Gasteiger partial charge on any atom is -0.359 e. The van der Waals surface area contributed by atoms with Crippen LogP contribution in [0.5, 0.6) is 0 Å². The van der Waals surface area contributed by atoms with Crippen molar-refractivity contribution in [3.63, 3.8) is 0 Å². The number of carbonyl (C=O) groups excluding carboxylic acids is 1. The van der Waals surface area contributed by atoms with Gasteiger partial charge in [-0.1, -0.05) is 50.8 Å². The minimum absolute atomic E-state index is 0.0532. The van der Waals surface area contributed by atoms with Gasteiger partial charge in [0, 0.05) is 26.7 Å². The third-order valence-corrected chi connectivity index (χ3v) is 5.32. The highest BCUT2D eigenvalue weighted by atomic mass is 16.1. The highest BCUT2D eigenvalue weighted by molar-refractivity contribution is 5.80. The van der Waals surface area contributed by atoms with Gasteiger partial charge in [-0.15, -0.1) is 0 Å². The van der Waals surface area contributed by atoms with E-state index in [4.69, 9.17) is 0 Å². The second-order valence-electron chi connectivity index (χ2n) is 7.32. The van der Waals surface area contributed by atoms with Crippen LogP contribution in [0.1, 0.15) is 66.7 Å². The zero-order valence-electron chi connectivity index (χ0n) is 16.7. The highest BCUT2D eigenvalue weighted by Crippen LogP contribution is 2.26. The lowest BCUT2D eigenvalue weighted by molar-refractivity contribution is -0.122. The van der Waals surface area contributed by atoms with Crippen LogP contribution in [0.25, 0.3) is 0 Å². The summed E-state index contributed by atoms with van der Waals surface area (Å²) in [6.07, 6.45) is 8.61. The van der Waals surface area contributed by atoms with Gasteiger partial charge in [0.15, 0.2) is 0 Å². The molecule has 1 aliphatic heterocycles. The van der Waals surface area contributed by atoms with Crippen molar-refractivity contribution in [3.05, 3.63) is 22.8 Å². The fourth-order valence-corrected chi connectivity index (χ4v) is 3.73. The maximum absolute atomic E-state index is 11.9. The quantitative estimate of drug-likeness (QED) is 0.635. The molecule has 1 heterocycles. The first-order chi connectivity index (χ1) is 11.5. The molecule has 1 amide bonds. The molecule has 0 spiro atoms.